The van der Waals surface area contributed by atoms with Crippen LogP contribution in [0.2, 0.25) is 0 Å². The van der Waals surface area contributed by atoms with E-state index in [1.807, 2.05) is 67.8 Å². The maximum atomic E-state index is 13.9. The van der Waals surface area contributed by atoms with Gasteiger partial charge < -0.3 is 34.3 Å². The number of halogens is 4. The zero-order valence-electron chi connectivity index (χ0n) is 21.3. The molecule has 2 rings (SSSR count). The van der Waals surface area contributed by atoms with E-state index in [1.165, 1.54) is 4.90 Å². The molecule has 1 aliphatic rings. The van der Waals surface area contributed by atoms with Crippen molar-refractivity contribution in [3.05, 3.63) is 21.8 Å². The van der Waals surface area contributed by atoms with Gasteiger partial charge in [0.25, 0.3) is 11.8 Å². The molecule has 0 aromatic heterocycles. The van der Waals surface area contributed by atoms with E-state index in [0.29, 0.717) is 10.7 Å². The Balaban J connectivity index is 2.54. The smallest absolute Gasteiger partial charge is 0.303 e. The van der Waals surface area contributed by atoms with Gasteiger partial charge in [-0.25, -0.2) is 0 Å². The number of esters is 2. The molecule has 1 saturated heterocycles. The summed E-state index contributed by atoms with van der Waals surface area (Å²) in [4.78, 5) is 63.8. The van der Waals surface area contributed by atoms with Gasteiger partial charge in [-0.15, -0.1) is 0 Å². The summed E-state index contributed by atoms with van der Waals surface area (Å²) in [6, 6.07) is 0. The molecule has 0 bridgehead atoms. The van der Waals surface area contributed by atoms with Crippen LogP contribution >= 0.6 is 90.4 Å². The average Bonchev–Trinajstić information content (AvgIpc) is 3.16. The highest BCUT2D eigenvalue weighted by Crippen LogP contribution is 2.38. The third-order valence-electron chi connectivity index (χ3n) is 5.16. The summed E-state index contributed by atoms with van der Waals surface area (Å²) in [7, 11) is 0. The van der Waals surface area contributed by atoms with Gasteiger partial charge in [0.2, 0.25) is 9.89 Å². The molecule has 0 radical (unpaired) electrons. The van der Waals surface area contributed by atoms with Crippen LogP contribution < -0.4 is 5.32 Å². The zero-order valence-corrected chi connectivity index (χ0v) is 29.9. The lowest BCUT2D eigenvalue weighted by Crippen LogP contribution is -2.41. The molecule has 2 amide bonds. The van der Waals surface area contributed by atoms with Crippen molar-refractivity contribution in [1.29, 1.82) is 0 Å². The van der Waals surface area contributed by atoms with Crippen molar-refractivity contribution in [1.82, 2.24) is 4.90 Å². The van der Waals surface area contributed by atoms with Crippen LogP contribution in [0.5, 0.6) is 0 Å². The number of carbonyl (C=O) groups excluding carboxylic acids is 5. The number of carbonyl (C=O) groups is 5. The van der Waals surface area contributed by atoms with Crippen LogP contribution in [-0.4, -0.2) is 88.5 Å². The fourth-order valence-electron chi connectivity index (χ4n) is 3.55. The fourth-order valence-corrected chi connectivity index (χ4v) is 9.51. The predicted molar refractivity (Wildman–Crippen MR) is 172 cm³/mol. The van der Waals surface area contributed by atoms with Crippen LogP contribution in [0.3, 0.4) is 0 Å². The SMILES string of the molecule is CC(=O)OCC(OC(C)=O)C(=O)Nc1c(I)c(C(=O)I)c(I)c(C(=O)N(CCO)CC2COC(C)(C)O2)c1I. The monoisotopic (exact) mass is 998 g/mol. The number of nitrogens with one attached hydrogen (secondary N) is 1. The van der Waals surface area contributed by atoms with Gasteiger partial charge in [0.15, 0.2) is 5.79 Å². The van der Waals surface area contributed by atoms with Gasteiger partial charge in [-0.2, -0.15) is 0 Å². The van der Waals surface area contributed by atoms with E-state index in [9.17, 15) is 29.1 Å². The number of amides is 2. The van der Waals surface area contributed by atoms with Crippen LogP contribution in [0.4, 0.5) is 5.69 Å². The molecule has 0 spiro atoms. The van der Waals surface area contributed by atoms with Crippen LogP contribution in [0.1, 0.15) is 48.4 Å². The van der Waals surface area contributed by atoms with Crippen molar-refractivity contribution in [2.45, 2.75) is 45.7 Å². The van der Waals surface area contributed by atoms with Crippen LogP contribution in [0.15, 0.2) is 0 Å². The molecule has 2 atom stereocenters. The number of benzene rings is 1. The van der Waals surface area contributed by atoms with Gasteiger partial charge >= 0.3 is 11.9 Å². The lowest BCUT2D eigenvalue weighted by atomic mass is 10.1. The molecule has 0 aliphatic carbocycles. The van der Waals surface area contributed by atoms with E-state index < -0.39 is 48.4 Å². The molecule has 16 heteroatoms. The number of hydrogen-bond donors (Lipinski definition) is 2. The molecule has 1 fully saturated rings. The Bertz CT molecular complexity index is 1160. The summed E-state index contributed by atoms with van der Waals surface area (Å²) >= 11 is 7.30. The van der Waals surface area contributed by atoms with Gasteiger partial charge in [-0.3, -0.25) is 24.0 Å². The van der Waals surface area contributed by atoms with Crippen molar-refractivity contribution in [2.24, 2.45) is 0 Å². The highest BCUT2D eigenvalue weighted by Gasteiger charge is 2.36. The Hall–Kier alpha value is -0.430. The van der Waals surface area contributed by atoms with E-state index in [-0.39, 0.29) is 46.9 Å². The van der Waals surface area contributed by atoms with Crippen molar-refractivity contribution in [3.63, 3.8) is 0 Å². The molecule has 2 N–H and O–H groups in total. The summed E-state index contributed by atoms with van der Waals surface area (Å²) < 4.78 is 22.0. The second-order valence-electron chi connectivity index (χ2n) is 8.66. The Kier molecular flexibility index (Phi) is 13.5. The summed E-state index contributed by atoms with van der Waals surface area (Å²) in [5.41, 5.74) is 0.489. The third kappa shape index (κ3) is 9.54. The van der Waals surface area contributed by atoms with E-state index >= 15 is 0 Å². The Morgan fingerprint density at radius 1 is 1.08 bits per heavy atom. The standard InChI is InChI=1S/C23H26I4N2O10/c1-10(31)36-9-13(38-11(2)32)21(34)28-19-17(25)14(20(27)33)16(24)15(18(19)26)22(35)29(5-6-30)7-12-8-37-23(3,4)39-12/h12-13,30H,5-9H2,1-4H3,(H,28,34). The number of nitrogens with zero attached hydrogens (tertiary/aromatic N) is 1. The van der Waals surface area contributed by atoms with Gasteiger partial charge in [0.05, 0.1) is 37.2 Å². The molecule has 1 heterocycles. The highest BCUT2D eigenvalue weighted by atomic mass is 127. The van der Waals surface area contributed by atoms with Crippen molar-refractivity contribution in [3.8, 4) is 0 Å². The van der Waals surface area contributed by atoms with E-state index in [4.69, 9.17) is 18.9 Å². The zero-order chi connectivity index (χ0) is 29.7. The van der Waals surface area contributed by atoms with Crippen molar-refractivity contribution in [2.75, 3.05) is 38.2 Å². The van der Waals surface area contributed by atoms with Gasteiger partial charge in [0, 0.05) is 53.1 Å². The summed E-state index contributed by atoms with van der Waals surface area (Å²) in [6.45, 7) is 5.28. The average molecular weight is 998 g/mol. The fraction of sp³-hybridized carbons (Fsp3) is 0.522. The number of aliphatic hydroxyl groups excluding tert-OH is 1. The largest absolute Gasteiger partial charge is 0.461 e. The lowest BCUT2D eigenvalue weighted by Gasteiger charge is -2.27. The van der Waals surface area contributed by atoms with Crippen LogP contribution in [0, 0.1) is 10.7 Å². The van der Waals surface area contributed by atoms with Crippen molar-refractivity contribution < 1.29 is 48.0 Å². The molecule has 1 aromatic carbocycles. The Morgan fingerprint density at radius 2 is 1.69 bits per heavy atom. The highest BCUT2D eigenvalue weighted by molar-refractivity contribution is 14.1. The van der Waals surface area contributed by atoms with E-state index in [0.717, 1.165) is 13.8 Å². The number of aliphatic hydroxyl groups is 1. The maximum Gasteiger partial charge on any atom is 0.303 e. The topological polar surface area (TPSA) is 158 Å². The second-order valence-corrected chi connectivity index (χ2v) is 12.9. The van der Waals surface area contributed by atoms with Gasteiger partial charge in [-0.1, -0.05) is 0 Å². The van der Waals surface area contributed by atoms with Crippen LogP contribution in [0.25, 0.3) is 0 Å². The molecule has 12 nitrogen and oxygen atoms in total. The number of ether oxygens (including phenoxy) is 4. The van der Waals surface area contributed by atoms with E-state index in [1.54, 1.807) is 36.4 Å². The number of rotatable bonds is 11. The summed E-state index contributed by atoms with van der Waals surface area (Å²) in [5, 5.41) is 12.3. The maximum absolute atomic E-state index is 13.9. The molecular formula is C23H26I4N2O10. The minimum Gasteiger partial charge on any atom is -0.461 e. The first kappa shape index (κ1) is 34.8. The Morgan fingerprint density at radius 3 is 2.18 bits per heavy atom. The minimum atomic E-state index is -1.47. The molecule has 1 aliphatic heterocycles. The number of hydrogen-bond acceptors (Lipinski definition) is 10. The van der Waals surface area contributed by atoms with E-state index in [2.05, 4.69) is 5.32 Å². The first-order valence-corrected chi connectivity index (χ1v) is 15.6. The molecule has 216 valence electrons. The Labute approximate surface area is 279 Å². The molecule has 1 aromatic rings. The van der Waals surface area contributed by atoms with Gasteiger partial charge in [0.1, 0.15) is 12.7 Å². The molecule has 39 heavy (non-hydrogen) atoms. The summed E-state index contributed by atoms with van der Waals surface area (Å²) in [6.07, 6.45) is -1.91. The second kappa shape index (κ2) is 15.2. The third-order valence-corrected chi connectivity index (χ3v) is 8.94. The quantitative estimate of drug-likeness (QED) is 0.192. The summed E-state index contributed by atoms with van der Waals surface area (Å²) in [5.74, 6) is -3.57. The predicted octanol–water partition coefficient (Wildman–Crippen LogP) is 3.09. The first-order valence-electron chi connectivity index (χ1n) is 11.3. The lowest BCUT2D eigenvalue weighted by molar-refractivity contribution is -0.160. The number of anilines is 1. The van der Waals surface area contributed by atoms with Gasteiger partial charge in [-0.05, 0) is 81.6 Å². The van der Waals surface area contributed by atoms with Crippen molar-refractivity contribution >= 4 is 124 Å². The van der Waals surface area contributed by atoms with Crippen LogP contribution in [-0.2, 0) is 33.3 Å². The molecular weight excluding hydrogens is 972 g/mol. The first-order chi connectivity index (χ1) is 18.1. The normalized spacial score (nSPS) is 16.8. The minimum absolute atomic E-state index is 0.0105. The molecule has 2 unspecified atom stereocenters. The molecule has 0 saturated carbocycles.